The van der Waals surface area contributed by atoms with Crippen molar-refractivity contribution in [3.8, 4) is 22.4 Å². The third kappa shape index (κ3) is 6.80. The number of unbranched alkanes of at least 4 members (excludes halogenated alkanes) is 1. The molecule has 41 heavy (non-hydrogen) atoms. The van der Waals surface area contributed by atoms with Gasteiger partial charge in [0.25, 0.3) is 5.91 Å². The number of benzene rings is 3. The molecule has 1 aliphatic heterocycles. The van der Waals surface area contributed by atoms with Crippen LogP contribution in [-0.2, 0) is 4.79 Å². The van der Waals surface area contributed by atoms with Crippen LogP contribution in [0.4, 0.5) is 5.82 Å². The van der Waals surface area contributed by atoms with Crippen molar-refractivity contribution < 1.29 is 9.59 Å². The second-order valence-electron chi connectivity index (χ2n) is 10.5. The third-order valence-electron chi connectivity index (χ3n) is 7.67. The van der Waals surface area contributed by atoms with Crippen LogP contribution in [0.15, 0.2) is 91.0 Å². The summed E-state index contributed by atoms with van der Waals surface area (Å²) in [4.78, 5) is 32.2. The number of rotatable bonds is 9. The predicted molar refractivity (Wildman–Crippen MR) is 164 cm³/mol. The molecule has 2 heterocycles. The zero-order valence-electron chi connectivity index (χ0n) is 23.9. The van der Waals surface area contributed by atoms with Crippen LogP contribution in [0.25, 0.3) is 22.4 Å². The maximum absolute atomic E-state index is 13.3. The van der Waals surface area contributed by atoms with Gasteiger partial charge in [-0.3, -0.25) is 9.59 Å². The van der Waals surface area contributed by atoms with Gasteiger partial charge in [0.1, 0.15) is 6.54 Å². The first-order valence-corrected chi connectivity index (χ1v) is 14.4. The first-order chi connectivity index (χ1) is 20.0. The molecule has 5 rings (SSSR count). The Kier molecular flexibility index (Phi) is 9.04. The van der Waals surface area contributed by atoms with E-state index in [2.05, 4.69) is 58.4 Å². The largest absolute Gasteiger partial charge is 0.352 e. The van der Waals surface area contributed by atoms with Crippen LogP contribution in [0.2, 0.25) is 0 Å². The van der Waals surface area contributed by atoms with E-state index < -0.39 is 0 Å². The maximum atomic E-state index is 13.3. The summed E-state index contributed by atoms with van der Waals surface area (Å²) in [6, 6.07) is 30.2. The third-order valence-corrected chi connectivity index (χ3v) is 7.67. The summed E-state index contributed by atoms with van der Waals surface area (Å²) in [5.74, 6) is 0.720. The summed E-state index contributed by atoms with van der Waals surface area (Å²) in [5, 5.41) is 8.98. The lowest BCUT2D eigenvalue weighted by Gasteiger charge is -2.36. The molecule has 0 N–H and O–H groups in total. The van der Waals surface area contributed by atoms with Gasteiger partial charge in [-0.15, -0.1) is 10.2 Å². The number of nitrogens with zero attached hydrogens (tertiary/aromatic N) is 5. The van der Waals surface area contributed by atoms with Crippen LogP contribution >= 0.6 is 0 Å². The van der Waals surface area contributed by atoms with Crippen molar-refractivity contribution in [1.29, 1.82) is 0 Å². The number of aryl methyl sites for hydroxylation is 1. The van der Waals surface area contributed by atoms with Gasteiger partial charge in [0, 0.05) is 43.9 Å². The van der Waals surface area contributed by atoms with Gasteiger partial charge >= 0.3 is 0 Å². The van der Waals surface area contributed by atoms with Crippen molar-refractivity contribution in [2.75, 3.05) is 44.2 Å². The zero-order chi connectivity index (χ0) is 28.6. The van der Waals surface area contributed by atoms with Gasteiger partial charge < -0.3 is 14.7 Å². The highest BCUT2D eigenvalue weighted by Gasteiger charge is 2.26. The fraction of sp³-hybridized carbons (Fsp3) is 0.294. The van der Waals surface area contributed by atoms with Crippen LogP contribution in [0.5, 0.6) is 0 Å². The molecule has 0 aliphatic carbocycles. The Labute approximate surface area is 242 Å². The van der Waals surface area contributed by atoms with E-state index in [1.54, 1.807) is 4.90 Å². The molecule has 0 atom stereocenters. The molecule has 1 fully saturated rings. The van der Waals surface area contributed by atoms with Crippen LogP contribution in [0.3, 0.4) is 0 Å². The van der Waals surface area contributed by atoms with Gasteiger partial charge in [-0.1, -0.05) is 86.1 Å². The van der Waals surface area contributed by atoms with Gasteiger partial charge in [-0.2, -0.15) is 0 Å². The molecule has 1 aliphatic rings. The normalized spacial score (nSPS) is 13.2. The van der Waals surface area contributed by atoms with Crippen molar-refractivity contribution in [2.24, 2.45) is 0 Å². The minimum absolute atomic E-state index is 0.0110. The number of carbonyl (C=O) groups is 2. The highest BCUT2D eigenvalue weighted by Crippen LogP contribution is 2.24. The second-order valence-corrected chi connectivity index (χ2v) is 10.5. The molecule has 7 heteroatoms. The fourth-order valence-corrected chi connectivity index (χ4v) is 5.14. The molecule has 0 radical (unpaired) electrons. The Morgan fingerprint density at radius 3 is 2.07 bits per heavy atom. The monoisotopic (exact) mass is 547 g/mol. The van der Waals surface area contributed by atoms with E-state index in [-0.39, 0.29) is 18.4 Å². The quantitative estimate of drug-likeness (QED) is 0.269. The van der Waals surface area contributed by atoms with Crippen LogP contribution in [0, 0.1) is 6.92 Å². The lowest BCUT2D eigenvalue weighted by Crippen LogP contribution is -2.52. The molecule has 0 spiro atoms. The molecule has 0 unspecified atom stereocenters. The maximum Gasteiger partial charge on any atom is 0.254 e. The number of piperazine rings is 1. The lowest BCUT2D eigenvalue weighted by atomic mass is 10.0. The Balaban J connectivity index is 1.17. The average Bonchev–Trinajstić information content (AvgIpc) is 3.03. The molecule has 2 amide bonds. The smallest absolute Gasteiger partial charge is 0.254 e. The van der Waals surface area contributed by atoms with Crippen molar-refractivity contribution in [2.45, 2.75) is 26.7 Å². The highest BCUT2D eigenvalue weighted by atomic mass is 16.2. The van der Waals surface area contributed by atoms with Crippen molar-refractivity contribution in [3.05, 3.63) is 102 Å². The SMILES string of the molecule is CCCCN(CC(=O)N1CCN(c2ccc(-c3ccc(-c4ccccc4)cc3)nn2)CC1)C(=O)c1ccccc1C. The predicted octanol–water partition coefficient (Wildman–Crippen LogP) is 5.71. The van der Waals surface area contributed by atoms with E-state index in [9.17, 15) is 9.59 Å². The molecule has 0 bridgehead atoms. The van der Waals surface area contributed by atoms with Gasteiger partial charge in [-0.05, 0) is 48.2 Å². The van der Waals surface area contributed by atoms with Gasteiger partial charge in [0.2, 0.25) is 5.91 Å². The number of carbonyl (C=O) groups excluding carboxylic acids is 2. The standard InChI is InChI=1S/C34H37N5O2/c1-3-4-20-39(34(41)30-13-9-8-10-26(30)2)25-33(40)38-23-21-37(22-24-38)32-19-18-31(35-36-32)29-16-14-28(15-17-29)27-11-6-5-7-12-27/h5-19H,3-4,20-25H2,1-2H3. The van der Waals surface area contributed by atoms with E-state index in [0.717, 1.165) is 35.5 Å². The van der Waals surface area contributed by atoms with Gasteiger partial charge in [0.15, 0.2) is 5.82 Å². The highest BCUT2D eigenvalue weighted by molar-refractivity contribution is 5.97. The van der Waals surface area contributed by atoms with Crippen LogP contribution in [0.1, 0.15) is 35.7 Å². The summed E-state index contributed by atoms with van der Waals surface area (Å²) >= 11 is 0. The van der Waals surface area contributed by atoms with Crippen molar-refractivity contribution in [1.82, 2.24) is 20.0 Å². The first-order valence-electron chi connectivity index (χ1n) is 14.4. The minimum Gasteiger partial charge on any atom is -0.352 e. The van der Waals surface area contributed by atoms with E-state index in [1.807, 2.05) is 66.4 Å². The second kappa shape index (κ2) is 13.2. The molecule has 3 aromatic carbocycles. The lowest BCUT2D eigenvalue weighted by molar-refractivity contribution is -0.132. The van der Waals surface area contributed by atoms with E-state index in [1.165, 1.54) is 11.1 Å². The summed E-state index contributed by atoms with van der Waals surface area (Å²) in [6.45, 7) is 7.22. The topological polar surface area (TPSA) is 69.6 Å². The molecular formula is C34H37N5O2. The number of hydrogen-bond donors (Lipinski definition) is 0. The summed E-state index contributed by atoms with van der Waals surface area (Å²) in [6.07, 6.45) is 1.83. The van der Waals surface area contributed by atoms with Crippen molar-refractivity contribution in [3.63, 3.8) is 0 Å². The Morgan fingerprint density at radius 2 is 1.41 bits per heavy atom. The number of hydrogen-bond acceptors (Lipinski definition) is 5. The van der Waals surface area contributed by atoms with E-state index in [0.29, 0.717) is 38.3 Å². The number of amides is 2. The average molecular weight is 548 g/mol. The van der Waals surface area contributed by atoms with Crippen molar-refractivity contribution >= 4 is 17.6 Å². The van der Waals surface area contributed by atoms with E-state index >= 15 is 0 Å². The van der Waals surface area contributed by atoms with Gasteiger partial charge in [-0.25, -0.2) is 0 Å². The molecule has 0 saturated carbocycles. The molecule has 1 saturated heterocycles. The minimum atomic E-state index is -0.0754. The Hall–Kier alpha value is -4.52. The van der Waals surface area contributed by atoms with E-state index in [4.69, 9.17) is 0 Å². The summed E-state index contributed by atoms with van der Waals surface area (Å²) < 4.78 is 0. The number of anilines is 1. The molecule has 4 aromatic rings. The van der Waals surface area contributed by atoms with Gasteiger partial charge in [0.05, 0.1) is 5.69 Å². The Bertz CT molecular complexity index is 1450. The molecule has 7 nitrogen and oxygen atoms in total. The Morgan fingerprint density at radius 1 is 0.756 bits per heavy atom. The van der Waals surface area contributed by atoms with Crippen LogP contribution < -0.4 is 4.90 Å². The fourth-order valence-electron chi connectivity index (χ4n) is 5.14. The molecule has 210 valence electrons. The van der Waals surface area contributed by atoms with Crippen LogP contribution in [-0.4, -0.2) is 71.1 Å². The molecule has 1 aromatic heterocycles. The molecular weight excluding hydrogens is 510 g/mol. The number of aromatic nitrogens is 2. The summed E-state index contributed by atoms with van der Waals surface area (Å²) in [5.41, 5.74) is 5.79. The first kappa shape index (κ1) is 28.0. The zero-order valence-corrected chi connectivity index (χ0v) is 23.9. The summed E-state index contributed by atoms with van der Waals surface area (Å²) in [7, 11) is 0.